The van der Waals surface area contributed by atoms with Crippen molar-refractivity contribution in [2.24, 2.45) is 0 Å². The number of benzene rings is 2. The van der Waals surface area contributed by atoms with Gasteiger partial charge in [0.1, 0.15) is 17.2 Å². The quantitative estimate of drug-likeness (QED) is 0.606. The molecule has 0 aliphatic carbocycles. The minimum Gasteiger partial charge on any atom is -0.494 e. The summed E-state index contributed by atoms with van der Waals surface area (Å²) < 4.78 is 16.1. The fraction of sp³-hybridized carbons (Fsp3) is 0.304. The molecule has 7 nitrogen and oxygen atoms in total. The fourth-order valence-corrected chi connectivity index (χ4v) is 3.20. The number of methoxy groups -OCH3 is 1. The Labute approximate surface area is 176 Å². The fourth-order valence-electron chi connectivity index (χ4n) is 3.20. The number of anilines is 1. The number of imide groups is 1. The van der Waals surface area contributed by atoms with Gasteiger partial charge in [0.05, 0.1) is 31.9 Å². The number of nitrogens with zero attached hydrogens (tertiary/aromatic N) is 1. The lowest BCUT2D eigenvalue weighted by molar-refractivity contribution is -0.137. The van der Waals surface area contributed by atoms with Crippen LogP contribution in [-0.4, -0.2) is 50.2 Å². The average molecular weight is 410 g/mol. The molecule has 0 saturated carbocycles. The molecule has 7 heteroatoms. The zero-order chi connectivity index (χ0) is 21.5. The highest BCUT2D eigenvalue weighted by Crippen LogP contribution is 2.32. The van der Waals surface area contributed by atoms with Crippen molar-refractivity contribution in [2.75, 3.05) is 38.8 Å². The van der Waals surface area contributed by atoms with E-state index in [-0.39, 0.29) is 30.7 Å². The molecule has 1 aliphatic heterocycles. The standard InChI is InChI=1S/C23H26N2O5/c1-4-29-18-11-9-16(10-12-18)20-21(23(27)25(22(20)26)13-14-28-3)24-17-7-6-8-19(15-17)30-5-2/h6-12,15,24H,4-5,13-14H2,1-3H3. The highest BCUT2D eigenvalue weighted by molar-refractivity contribution is 6.36. The molecule has 0 bridgehead atoms. The van der Waals surface area contributed by atoms with E-state index in [1.165, 1.54) is 12.0 Å². The van der Waals surface area contributed by atoms with E-state index < -0.39 is 0 Å². The Hall–Kier alpha value is -3.32. The maximum Gasteiger partial charge on any atom is 0.278 e. The number of hydrogen-bond donors (Lipinski definition) is 1. The predicted octanol–water partition coefficient (Wildman–Crippen LogP) is 3.32. The number of hydrogen-bond acceptors (Lipinski definition) is 6. The van der Waals surface area contributed by atoms with Crippen LogP contribution in [0.3, 0.4) is 0 Å². The number of carbonyl (C=O) groups is 2. The van der Waals surface area contributed by atoms with Gasteiger partial charge in [0.25, 0.3) is 11.8 Å². The Morgan fingerprint density at radius 3 is 2.27 bits per heavy atom. The molecule has 1 heterocycles. The molecule has 3 rings (SSSR count). The first kappa shape index (κ1) is 21.4. The molecule has 1 aliphatic rings. The van der Waals surface area contributed by atoms with E-state index in [2.05, 4.69) is 5.32 Å². The molecule has 0 atom stereocenters. The molecule has 2 aromatic carbocycles. The van der Waals surface area contributed by atoms with Gasteiger partial charge in [-0.1, -0.05) is 18.2 Å². The van der Waals surface area contributed by atoms with Crippen molar-refractivity contribution < 1.29 is 23.8 Å². The third kappa shape index (κ3) is 4.63. The monoisotopic (exact) mass is 410 g/mol. The largest absolute Gasteiger partial charge is 0.494 e. The van der Waals surface area contributed by atoms with E-state index in [0.717, 1.165) is 0 Å². The molecule has 0 fully saturated rings. The van der Waals surface area contributed by atoms with Crippen molar-refractivity contribution in [3.63, 3.8) is 0 Å². The lowest BCUT2D eigenvalue weighted by atomic mass is 10.0. The minimum atomic E-state index is -0.386. The van der Waals surface area contributed by atoms with E-state index in [9.17, 15) is 9.59 Å². The first-order chi connectivity index (χ1) is 14.6. The van der Waals surface area contributed by atoms with Crippen LogP contribution < -0.4 is 14.8 Å². The van der Waals surface area contributed by atoms with E-state index >= 15 is 0 Å². The van der Waals surface area contributed by atoms with Crippen LogP contribution in [0.4, 0.5) is 5.69 Å². The Bertz CT molecular complexity index is 937. The smallest absolute Gasteiger partial charge is 0.278 e. The van der Waals surface area contributed by atoms with E-state index in [1.807, 2.05) is 32.0 Å². The molecule has 0 aromatic heterocycles. The van der Waals surface area contributed by atoms with Crippen molar-refractivity contribution in [1.82, 2.24) is 4.90 Å². The van der Waals surface area contributed by atoms with Gasteiger partial charge in [-0.3, -0.25) is 14.5 Å². The molecule has 0 saturated heterocycles. The summed E-state index contributed by atoms with van der Waals surface area (Å²) in [5.74, 6) is 0.639. The predicted molar refractivity (Wildman–Crippen MR) is 114 cm³/mol. The summed E-state index contributed by atoms with van der Waals surface area (Å²) in [7, 11) is 1.53. The van der Waals surface area contributed by atoms with Crippen LogP contribution in [0.25, 0.3) is 5.57 Å². The van der Waals surface area contributed by atoms with Gasteiger partial charge in [0.2, 0.25) is 0 Å². The molecule has 0 spiro atoms. The van der Waals surface area contributed by atoms with Gasteiger partial charge in [0, 0.05) is 18.9 Å². The third-order valence-electron chi connectivity index (χ3n) is 4.56. The van der Waals surface area contributed by atoms with Gasteiger partial charge in [-0.15, -0.1) is 0 Å². The van der Waals surface area contributed by atoms with Crippen LogP contribution in [0.15, 0.2) is 54.2 Å². The van der Waals surface area contributed by atoms with E-state index in [1.54, 1.807) is 30.3 Å². The third-order valence-corrected chi connectivity index (χ3v) is 4.56. The van der Waals surface area contributed by atoms with Gasteiger partial charge < -0.3 is 19.5 Å². The van der Waals surface area contributed by atoms with Crippen molar-refractivity contribution in [3.05, 3.63) is 59.8 Å². The van der Waals surface area contributed by atoms with E-state index in [4.69, 9.17) is 14.2 Å². The zero-order valence-electron chi connectivity index (χ0n) is 17.4. The van der Waals surface area contributed by atoms with Gasteiger partial charge in [0.15, 0.2) is 0 Å². The summed E-state index contributed by atoms with van der Waals surface area (Å²) in [5, 5.41) is 3.13. The van der Waals surface area contributed by atoms with Gasteiger partial charge >= 0.3 is 0 Å². The zero-order valence-corrected chi connectivity index (χ0v) is 17.4. The summed E-state index contributed by atoms with van der Waals surface area (Å²) in [6, 6.07) is 14.4. The molecule has 0 radical (unpaired) electrons. The molecule has 2 aromatic rings. The average Bonchev–Trinajstić information content (AvgIpc) is 2.97. The molecule has 1 N–H and O–H groups in total. The van der Waals surface area contributed by atoms with Crippen LogP contribution in [0, 0.1) is 0 Å². The lowest BCUT2D eigenvalue weighted by Crippen LogP contribution is -2.35. The number of amides is 2. The topological polar surface area (TPSA) is 77.1 Å². The molecular weight excluding hydrogens is 384 g/mol. The highest BCUT2D eigenvalue weighted by atomic mass is 16.5. The Morgan fingerprint density at radius 1 is 0.900 bits per heavy atom. The number of rotatable bonds is 10. The maximum atomic E-state index is 13.1. The molecular formula is C23H26N2O5. The molecule has 0 unspecified atom stereocenters. The summed E-state index contributed by atoms with van der Waals surface area (Å²) in [4.78, 5) is 27.4. The first-order valence-corrected chi connectivity index (χ1v) is 9.91. The van der Waals surface area contributed by atoms with Crippen molar-refractivity contribution in [2.45, 2.75) is 13.8 Å². The molecule has 30 heavy (non-hydrogen) atoms. The first-order valence-electron chi connectivity index (χ1n) is 9.91. The number of ether oxygens (including phenoxy) is 3. The highest BCUT2D eigenvalue weighted by Gasteiger charge is 2.39. The van der Waals surface area contributed by atoms with Crippen LogP contribution in [-0.2, 0) is 14.3 Å². The normalized spacial score (nSPS) is 13.8. The van der Waals surface area contributed by atoms with Crippen LogP contribution in [0.5, 0.6) is 11.5 Å². The Balaban J connectivity index is 1.98. The second-order valence-electron chi connectivity index (χ2n) is 6.55. The summed E-state index contributed by atoms with van der Waals surface area (Å²) >= 11 is 0. The van der Waals surface area contributed by atoms with E-state index in [0.29, 0.717) is 41.5 Å². The maximum absolute atomic E-state index is 13.1. The number of nitrogens with one attached hydrogen (secondary N) is 1. The minimum absolute atomic E-state index is 0.179. The Morgan fingerprint density at radius 2 is 1.60 bits per heavy atom. The lowest BCUT2D eigenvalue weighted by Gasteiger charge is -2.14. The van der Waals surface area contributed by atoms with Gasteiger partial charge in [-0.2, -0.15) is 0 Å². The van der Waals surface area contributed by atoms with Crippen molar-refractivity contribution in [1.29, 1.82) is 0 Å². The van der Waals surface area contributed by atoms with Crippen LogP contribution >= 0.6 is 0 Å². The van der Waals surface area contributed by atoms with Crippen molar-refractivity contribution in [3.8, 4) is 11.5 Å². The SMILES string of the molecule is CCOc1ccc(C2=C(Nc3cccc(OCC)c3)C(=O)N(CCOC)C2=O)cc1. The Kier molecular flexibility index (Phi) is 7.08. The summed E-state index contributed by atoms with van der Waals surface area (Å²) in [6.07, 6.45) is 0. The van der Waals surface area contributed by atoms with Crippen LogP contribution in [0.2, 0.25) is 0 Å². The van der Waals surface area contributed by atoms with Crippen LogP contribution in [0.1, 0.15) is 19.4 Å². The van der Waals surface area contributed by atoms with Crippen molar-refractivity contribution >= 4 is 23.1 Å². The summed E-state index contributed by atoms with van der Waals surface area (Å²) in [5.41, 5.74) is 1.85. The summed E-state index contributed by atoms with van der Waals surface area (Å²) in [6.45, 7) is 5.33. The molecule has 2 amide bonds. The number of carbonyl (C=O) groups excluding carboxylic acids is 2. The van der Waals surface area contributed by atoms with Gasteiger partial charge in [-0.05, 0) is 43.7 Å². The van der Waals surface area contributed by atoms with Gasteiger partial charge in [-0.25, -0.2) is 0 Å². The second kappa shape index (κ2) is 9.93. The molecule has 158 valence electrons. The second-order valence-corrected chi connectivity index (χ2v) is 6.55.